The maximum atomic E-state index is 13.3. The molecule has 0 atom stereocenters. The number of nitrogens with two attached hydrogens (primary N) is 1. The predicted molar refractivity (Wildman–Crippen MR) is 55.5 cm³/mol. The van der Waals surface area contributed by atoms with Crippen molar-refractivity contribution in [2.24, 2.45) is 5.73 Å². The summed E-state index contributed by atoms with van der Waals surface area (Å²) in [5, 5.41) is 0. The Morgan fingerprint density at radius 2 is 2.25 bits per heavy atom. The van der Waals surface area contributed by atoms with Gasteiger partial charge in [0, 0.05) is 17.7 Å². The van der Waals surface area contributed by atoms with Crippen LogP contribution in [0.3, 0.4) is 0 Å². The van der Waals surface area contributed by atoms with E-state index in [0.717, 1.165) is 6.07 Å². The zero-order valence-corrected chi connectivity index (χ0v) is 8.45. The second kappa shape index (κ2) is 5.97. The summed E-state index contributed by atoms with van der Waals surface area (Å²) in [6.45, 7) is -0.116. The van der Waals surface area contributed by atoms with E-state index < -0.39 is 5.82 Å². The van der Waals surface area contributed by atoms with Crippen molar-refractivity contribution in [3.8, 4) is 5.75 Å². The van der Waals surface area contributed by atoms with E-state index in [-0.39, 0.29) is 30.0 Å². The van der Waals surface area contributed by atoms with Crippen molar-refractivity contribution < 1.29 is 18.3 Å². The molecule has 1 rings (SSSR count). The molecule has 0 aliphatic heterocycles. The Hall–Kier alpha value is -1.75. The number of rotatable bonds is 5. The van der Waals surface area contributed by atoms with Crippen molar-refractivity contribution in [1.82, 2.24) is 0 Å². The van der Waals surface area contributed by atoms with Crippen molar-refractivity contribution in [1.29, 1.82) is 0 Å². The van der Waals surface area contributed by atoms with Crippen LogP contribution in [-0.4, -0.2) is 19.4 Å². The van der Waals surface area contributed by atoms with Crippen LogP contribution in [0.5, 0.6) is 5.75 Å². The molecular formula is C11H11F2NO2. The fourth-order valence-corrected chi connectivity index (χ4v) is 1.01. The largest absolute Gasteiger partial charge is 0.486 e. The van der Waals surface area contributed by atoms with Crippen molar-refractivity contribution in [3.05, 3.63) is 41.5 Å². The lowest BCUT2D eigenvalue weighted by atomic mass is 10.2. The van der Waals surface area contributed by atoms with Gasteiger partial charge in [0.15, 0.2) is 11.6 Å². The molecule has 0 aliphatic rings. The lowest BCUT2D eigenvalue weighted by Crippen LogP contribution is -2.11. The molecule has 0 fully saturated rings. The SMILES string of the molecule is NC/C(=C/F)COc1ccc(C=O)cc1F. The van der Waals surface area contributed by atoms with Gasteiger partial charge in [0.25, 0.3) is 0 Å². The van der Waals surface area contributed by atoms with Gasteiger partial charge < -0.3 is 10.5 Å². The maximum absolute atomic E-state index is 13.3. The number of benzene rings is 1. The molecule has 2 N–H and O–H groups in total. The van der Waals surface area contributed by atoms with Gasteiger partial charge in [-0.05, 0) is 18.2 Å². The molecular weight excluding hydrogens is 216 g/mol. The molecule has 3 nitrogen and oxygen atoms in total. The summed E-state index contributed by atoms with van der Waals surface area (Å²) in [7, 11) is 0. The minimum Gasteiger partial charge on any atom is -0.486 e. The first kappa shape index (κ1) is 12.3. The molecule has 5 heteroatoms. The zero-order valence-electron chi connectivity index (χ0n) is 8.45. The third-order valence-corrected chi connectivity index (χ3v) is 1.92. The van der Waals surface area contributed by atoms with Crippen LogP contribution in [-0.2, 0) is 0 Å². The highest BCUT2D eigenvalue weighted by Crippen LogP contribution is 2.18. The Morgan fingerprint density at radius 3 is 2.75 bits per heavy atom. The molecule has 0 radical (unpaired) electrons. The summed E-state index contributed by atoms with van der Waals surface area (Å²) in [4.78, 5) is 10.3. The second-order valence-electron chi connectivity index (χ2n) is 3.07. The van der Waals surface area contributed by atoms with Crippen LogP contribution in [0.25, 0.3) is 0 Å². The molecule has 0 spiro atoms. The molecule has 0 bridgehead atoms. The zero-order chi connectivity index (χ0) is 12.0. The highest BCUT2D eigenvalue weighted by atomic mass is 19.1. The van der Waals surface area contributed by atoms with Gasteiger partial charge in [0.05, 0.1) is 6.33 Å². The molecule has 0 unspecified atom stereocenters. The smallest absolute Gasteiger partial charge is 0.165 e. The van der Waals surface area contributed by atoms with Crippen LogP contribution in [0.1, 0.15) is 10.4 Å². The molecule has 1 aromatic rings. The van der Waals surface area contributed by atoms with Gasteiger partial charge >= 0.3 is 0 Å². The van der Waals surface area contributed by atoms with Gasteiger partial charge in [-0.25, -0.2) is 8.78 Å². The summed E-state index contributed by atoms with van der Waals surface area (Å²) < 4.78 is 30.4. The van der Waals surface area contributed by atoms with E-state index in [0.29, 0.717) is 12.6 Å². The van der Waals surface area contributed by atoms with E-state index >= 15 is 0 Å². The van der Waals surface area contributed by atoms with Gasteiger partial charge in [0.2, 0.25) is 0 Å². The number of hydrogen-bond donors (Lipinski definition) is 1. The summed E-state index contributed by atoms with van der Waals surface area (Å²) in [5.41, 5.74) is 5.64. The first-order chi connectivity index (χ1) is 7.71. The van der Waals surface area contributed by atoms with Crippen molar-refractivity contribution in [3.63, 3.8) is 0 Å². The normalized spacial score (nSPS) is 11.3. The molecule has 0 heterocycles. The summed E-state index contributed by atoms with van der Waals surface area (Å²) in [5.74, 6) is -0.710. The molecule has 0 saturated heterocycles. The second-order valence-corrected chi connectivity index (χ2v) is 3.07. The van der Waals surface area contributed by atoms with E-state index in [2.05, 4.69) is 0 Å². The highest BCUT2D eigenvalue weighted by Gasteiger charge is 2.05. The Morgan fingerprint density at radius 1 is 1.50 bits per heavy atom. The average molecular weight is 227 g/mol. The number of hydrogen-bond acceptors (Lipinski definition) is 3. The van der Waals surface area contributed by atoms with Crippen LogP contribution in [0.2, 0.25) is 0 Å². The Kier molecular flexibility index (Phi) is 4.60. The molecule has 0 aromatic heterocycles. The quantitative estimate of drug-likeness (QED) is 0.781. The maximum Gasteiger partial charge on any atom is 0.165 e. The van der Waals surface area contributed by atoms with Crippen LogP contribution in [0.15, 0.2) is 30.1 Å². The van der Waals surface area contributed by atoms with E-state index in [1.165, 1.54) is 12.1 Å². The minimum atomic E-state index is -0.667. The monoisotopic (exact) mass is 227 g/mol. The van der Waals surface area contributed by atoms with Gasteiger partial charge in [0.1, 0.15) is 12.9 Å². The number of ether oxygens (including phenoxy) is 1. The first-order valence-electron chi connectivity index (χ1n) is 4.57. The van der Waals surface area contributed by atoms with Crippen molar-refractivity contribution in [2.45, 2.75) is 0 Å². The molecule has 0 aliphatic carbocycles. The molecule has 0 amide bonds. The van der Waals surface area contributed by atoms with E-state index in [9.17, 15) is 13.6 Å². The molecule has 0 saturated carbocycles. The molecule has 86 valence electrons. The third kappa shape index (κ3) is 3.13. The summed E-state index contributed by atoms with van der Waals surface area (Å²) >= 11 is 0. The highest BCUT2D eigenvalue weighted by molar-refractivity contribution is 5.74. The van der Waals surface area contributed by atoms with Gasteiger partial charge in [-0.2, -0.15) is 0 Å². The van der Waals surface area contributed by atoms with Crippen LogP contribution in [0.4, 0.5) is 8.78 Å². The van der Waals surface area contributed by atoms with Crippen LogP contribution >= 0.6 is 0 Å². The third-order valence-electron chi connectivity index (χ3n) is 1.92. The van der Waals surface area contributed by atoms with E-state index in [4.69, 9.17) is 10.5 Å². The molecule has 16 heavy (non-hydrogen) atoms. The van der Waals surface area contributed by atoms with Gasteiger partial charge in [-0.15, -0.1) is 0 Å². The Labute approximate surface area is 91.5 Å². The standard InChI is InChI=1S/C11H11F2NO2/c12-4-9(5-14)7-16-11-2-1-8(6-15)3-10(11)13/h1-4,6H,5,7,14H2/b9-4-. The number of carbonyl (C=O) groups is 1. The Bertz CT molecular complexity index is 405. The fraction of sp³-hybridized carbons (Fsp3) is 0.182. The summed E-state index contributed by atoms with van der Waals surface area (Å²) in [6.07, 6.45) is 0.858. The number of halogens is 2. The van der Waals surface area contributed by atoms with Gasteiger partial charge in [-0.1, -0.05) is 0 Å². The van der Waals surface area contributed by atoms with E-state index in [1.807, 2.05) is 0 Å². The minimum absolute atomic E-state index is 0.00450. The van der Waals surface area contributed by atoms with E-state index in [1.54, 1.807) is 0 Å². The first-order valence-corrected chi connectivity index (χ1v) is 4.57. The fourth-order valence-electron chi connectivity index (χ4n) is 1.01. The lowest BCUT2D eigenvalue weighted by Gasteiger charge is -2.08. The van der Waals surface area contributed by atoms with Crippen LogP contribution < -0.4 is 10.5 Å². The summed E-state index contributed by atoms with van der Waals surface area (Å²) in [6, 6.07) is 3.77. The average Bonchev–Trinajstić information content (AvgIpc) is 2.32. The van der Waals surface area contributed by atoms with Crippen molar-refractivity contribution >= 4 is 6.29 Å². The Balaban J connectivity index is 2.71. The number of carbonyl (C=O) groups excluding carboxylic acids is 1. The molecule has 1 aromatic carbocycles. The van der Waals surface area contributed by atoms with Crippen LogP contribution in [0, 0.1) is 5.82 Å². The van der Waals surface area contributed by atoms with Gasteiger partial charge in [-0.3, -0.25) is 4.79 Å². The number of aldehydes is 1. The van der Waals surface area contributed by atoms with Crippen molar-refractivity contribution in [2.75, 3.05) is 13.2 Å². The topological polar surface area (TPSA) is 52.3 Å². The lowest BCUT2D eigenvalue weighted by molar-refractivity contribution is 0.112. The predicted octanol–water partition coefficient (Wildman–Crippen LogP) is 1.83.